The Hall–Kier alpha value is -1.32. The lowest BCUT2D eigenvalue weighted by atomic mass is 10.2. The fourth-order valence-corrected chi connectivity index (χ4v) is 1.98. The van der Waals surface area contributed by atoms with Gasteiger partial charge in [0.25, 0.3) is 0 Å². The molecule has 1 N–H and O–H groups in total. The Morgan fingerprint density at radius 3 is 2.59 bits per heavy atom. The van der Waals surface area contributed by atoms with Gasteiger partial charge < -0.3 is 14.4 Å². The summed E-state index contributed by atoms with van der Waals surface area (Å²) in [7, 11) is 0. The number of fused-ring (bicyclic) bond motifs is 1. The summed E-state index contributed by atoms with van der Waals surface area (Å²) < 4.78 is 5.64. The first-order chi connectivity index (χ1) is 8.24. The van der Waals surface area contributed by atoms with Crippen molar-refractivity contribution in [1.82, 2.24) is 4.90 Å². The van der Waals surface area contributed by atoms with Crippen molar-refractivity contribution in [3.8, 4) is 0 Å². The molecule has 0 amide bonds. The Kier molecular flexibility index (Phi) is 3.82. The Morgan fingerprint density at radius 2 is 1.94 bits per heavy atom. The molecule has 0 aliphatic rings. The number of nitrogens with zero attached hydrogens (tertiary/aromatic N) is 1. The Bertz CT molecular complexity index is 441. The monoisotopic (exact) mass is 233 g/mol. The quantitative estimate of drug-likeness (QED) is 0.862. The van der Waals surface area contributed by atoms with Gasteiger partial charge in [0, 0.05) is 11.9 Å². The fraction of sp³-hybridized carbons (Fsp3) is 0.429. The van der Waals surface area contributed by atoms with Crippen molar-refractivity contribution in [3.05, 3.63) is 36.1 Å². The molecule has 0 radical (unpaired) electrons. The molecule has 0 aliphatic carbocycles. The zero-order valence-electron chi connectivity index (χ0n) is 10.4. The largest absolute Gasteiger partial charge is 0.458 e. The van der Waals surface area contributed by atoms with Gasteiger partial charge in [-0.25, -0.2) is 0 Å². The van der Waals surface area contributed by atoms with E-state index >= 15 is 0 Å². The molecule has 17 heavy (non-hydrogen) atoms. The smallest absolute Gasteiger partial charge is 0.135 e. The molecular formula is C14H19NO2. The van der Waals surface area contributed by atoms with Gasteiger partial charge in [0.05, 0.1) is 0 Å². The minimum absolute atomic E-state index is 0.553. The highest BCUT2D eigenvalue weighted by molar-refractivity contribution is 5.77. The number of likely N-dealkylation sites (N-methyl/N-ethyl adjacent to an activating group) is 1. The summed E-state index contributed by atoms with van der Waals surface area (Å²) in [6.07, 6.45) is -0.553. The molecule has 0 bridgehead atoms. The number of para-hydroxylation sites is 1. The Morgan fingerprint density at radius 1 is 1.24 bits per heavy atom. The second kappa shape index (κ2) is 5.34. The summed E-state index contributed by atoms with van der Waals surface area (Å²) in [6.45, 7) is 6.68. The zero-order chi connectivity index (χ0) is 12.3. The average Bonchev–Trinajstić information content (AvgIpc) is 2.79. The average molecular weight is 233 g/mol. The van der Waals surface area contributed by atoms with Gasteiger partial charge in [0.15, 0.2) is 0 Å². The molecule has 0 saturated carbocycles. The third kappa shape index (κ3) is 2.68. The van der Waals surface area contributed by atoms with Crippen molar-refractivity contribution >= 4 is 11.0 Å². The molecule has 0 saturated heterocycles. The number of hydrogen-bond acceptors (Lipinski definition) is 3. The van der Waals surface area contributed by atoms with Gasteiger partial charge in [-0.3, -0.25) is 0 Å². The number of rotatable bonds is 5. The van der Waals surface area contributed by atoms with E-state index in [0.717, 1.165) is 24.1 Å². The molecule has 0 fully saturated rings. The maximum Gasteiger partial charge on any atom is 0.135 e. The number of furan rings is 1. The molecule has 2 aromatic rings. The second-order valence-corrected chi connectivity index (χ2v) is 4.19. The summed E-state index contributed by atoms with van der Waals surface area (Å²) >= 11 is 0. The van der Waals surface area contributed by atoms with E-state index in [-0.39, 0.29) is 0 Å². The first-order valence-electron chi connectivity index (χ1n) is 6.13. The van der Waals surface area contributed by atoms with Crippen LogP contribution in [0.25, 0.3) is 11.0 Å². The summed E-state index contributed by atoms with van der Waals surface area (Å²) in [5, 5.41) is 11.2. The molecule has 0 aliphatic heterocycles. The van der Waals surface area contributed by atoms with E-state index in [9.17, 15) is 5.11 Å². The van der Waals surface area contributed by atoms with Gasteiger partial charge in [0.2, 0.25) is 0 Å². The lowest BCUT2D eigenvalue weighted by Gasteiger charge is -2.20. The van der Waals surface area contributed by atoms with Crippen LogP contribution >= 0.6 is 0 Å². The van der Waals surface area contributed by atoms with Crippen molar-refractivity contribution < 1.29 is 9.52 Å². The van der Waals surface area contributed by atoms with Crippen LogP contribution < -0.4 is 0 Å². The zero-order valence-corrected chi connectivity index (χ0v) is 10.4. The van der Waals surface area contributed by atoms with Crippen molar-refractivity contribution in [2.24, 2.45) is 0 Å². The van der Waals surface area contributed by atoms with Crippen molar-refractivity contribution in [1.29, 1.82) is 0 Å². The topological polar surface area (TPSA) is 36.6 Å². The van der Waals surface area contributed by atoms with Crippen LogP contribution in [0.5, 0.6) is 0 Å². The van der Waals surface area contributed by atoms with E-state index in [1.165, 1.54) is 0 Å². The molecular weight excluding hydrogens is 214 g/mol. The summed E-state index contributed by atoms with van der Waals surface area (Å²) in [6, 6.07) is 9.74. The number of aliphatic hydroxyl groups excluding tert-OH is 1. The minimum Gasteiger partial charge on any atom is -0.458 e. The number of benzene rings is 1. The fourth-order valence-electron chi connectivity index (χ4n) is 1.98. The Labute approximate surface area is 102 Å². The van der Waals surface area contributed by atoms with E-state index in [0.29, 0.717) is 12.3 Å². The summed E-state index contributed by atoms with van der Waals surface area (Å²) in [5.74, 6) is 0.651. The predicted molar refractivity (Wildman–Crippen MR) is 69.0 cm³/mol. The number of aliphatic hydroxyl groups is 1. The molecule has 3 nitrogen and oxygen atoms in total. The molecule has 0 spiro atoms. The van der Waals surface area contributed by atoms with E-state index in [1.54, 1.807) is 0 Å². The molecule has 1 aromatic carbocycles. The first-order valence-corrected chi connectivity index (χ1v) is 6.13. The first kappa shape index (κ1) is 12.1. The number of hydrogen-bond donors (Lipinski definition) is 1. The highest BCUT2D eigenvalue weighted by Gasteiger charge is 2.15. The molecule has 1 atom stereocenters. The maximum absolute atomic E-state index is 10.1. The molecule has 1 aromatic heterocycles. The molecule has 3 heteroatoms. The molecule has 2 rings (SSSR count). The van der Waals surface area contributed by atoms with Gasteiger partial charge in [-0.2, -0.15) is 0 Å². The highest BCUT2D eigenvalue weighted by Crippen LogP contribution is 2.24. The van der Waals surface area contributed by atoms with Gasteiger partial charge in [-0.1, -0.05) is 32.0 Å². The lowest BCUT2D eigenvalue weighted by Crippen LogP contribution is -2.28. The van der Waals surface area contributed by atoms with E-state index in [2.05, 4.69) is 18.7 Å². The van der Waals surface area contributed by atoms with Crippen LogP contribution in [0.15, 0.2) is 34.7 Å². The minimum atomic E-state index is -0.553. The van der Waals surface area contributed by atoms with Crippen molar-refractivity contribution in [3.63, 3.8) is 0 Å². The standard InChI is InChI=1S/C14H19NO2/c1-3-15(4-2)10-12(16)14-9-11-7-5-6-8-13(11)17-14/h5-9,12,16H,3-4,10H2,1-2H3. The van der Waals surface area contributed by atoms with Crippen LogP contribution in [0, 0.1) is 0 Å². The van der Waals surface area contributed by atoms with Crippen molar-refractivity contribution in [2.45, 2.75) is 20.0 Å². The second-order valence-electron chi connectivity index (χ2n) is 4.19. The van der Waals surface area contributed by atoms with Crippen LogP contribution in [-0.2, 0) is 0 Å². The van der Waals surface area contributed by atoms with E-state index in [1.807, 2.05) is 30.3 Å². The molecule has 1 unspecified atom stereocenters. The van der Waals surface area contributed by atoms with Crippen LogP contribution in [0.2, 0.25) is 0 Å². The molecule has 1 heterocycles. The highest BCUT2D eigenvalue weighted by atomic mass is 16.4. The van der Waals surface area contributed by atoms with Crippen molar-refractivity contribution in [2.75, 3.05) is 19.6 Å². The van der Waals surface area contributed by atoms with Gasteiger partial charge in [-0.15, -0.1) is 0 Å². The van der Waals surface area contributed by atoms with Crippen LogP contribution in [-0.4, -0.2) is 29.6 Å². The Balaban J connectivity index is 2.15. The van der Waals surface area contributed by atoms with Gasteiger partial charge in [0.1, 0.15) is 17.4 Å². The third-order valence-corrected chi connectivity index (χ3v) is 3.10. The SMILES string of the molecule is CCN(CC)CC(O)c1cc2ccccc2o1. The third-order valence-electron chi connectivity index (χ3n) is 3.10. The van der Waals surface area contributed by atoms with Gasteiger partial charge in [-0.05, 0) is 25.2 Å². The summed E-state index contributed by atoms with van der Waals surface area (Å²) in [4.78, 5) is 2.18. The van der Waals surface area contributed by atoms with E-state index < -0.39 is 6.10 Å². The van der Waals surface area contributed by atoms with Gasteiger partial charge >= 0.3 is 0 Å². The predicted octanol–water partition coefficient (Wildman–Crippen LogP) is 2.81. The molecule has 92 valence electrons. The normalized spacial score (nSPS) is 13.4. The van der Waals surface area contributed by atoms with E-state index in [4.69, 9.17) is 4.42 Å². The summed E-state index contributed by atoms with van der Waals surface area (Å²) in [5.41, 5.74) is 0.834. The van der Waals surface area contributed by atoms with Crippen LogP contribution in [0.3, 0.4) is 0 Å². The maximum atomic E-state index is 10.1. The van der Waals surface area contributed by atoms with Crippen LogP contribution in [0.1, 0.15) is 25.7 Å². The lowest BCUT2D eigenvalue weighted by molar-refractivity contribution is 0.101. The van der Waals surface area contributed by atoms with Crippen LogP contribution in [0.4, 0.5) is 0 Å².